The molecular weight excluding hydrogens is 314 g/mol. The lowest BCUT2D eigenvalue weighted by Gasteiger charge is -2.10. The van der Waals surface area contributed by atoms with Gasteiger partial charge in [0, 0.05) is 32.7 Å². The molecule has 0 aliphatic rings. The van der Waals surface area contributed by atoms with Crippen molar-refractivity contribution >= 4 is 5.96 Å². The quantitative estimate of drug-likeness (QED) is 0.373. The minimum Gasteiger partial charge on any atom is -0.469 e. The van der Waals surface area contributed by atoms with Crippen LogP contribution < -0.4 is 10.6 Å². The zero-order valence-corrected chi connectivity index (χ0v) is 15.0. The third-order valence-corrected chi connectivity index (χ3v) is 3.67. The van der Waals surface area contributed by atoms with Crippen LogP contribution in [0.15, 0.2) is 58.1 Å². The second kappa shape index (κ2) is 12.1. The Balaban J connectivity index is 1.55. The third-order valence-electron chi connectivity index (χ3n) is 3.67. The number of aliphatic imine (C=N–C) groups is 1. The zero-order valence-electron chi connectivity index (χ0n) is 15.0. The van der Waals surface area contributed by atoms with Crippen LogP contribution in [0, 0.1) is 0 Å². The van der Waals surface area contributed by atoms with E-state index < -0.39 is 0 Å². The first kappa shape index (κ1) is 19.1. The van der Waals surface area contributed by atoms with Crippen LogP contribution in [0.25, 0.3) is 0 Å². The number of guanidine groups is 1. The first-order valence-electron chi connectivity index (χ1n) is 9.04. The standard InChI is InChI=1S/C20H29N3O2/c1-2-21-20(23-14-12-19-11-8-16-25-19)22-13-6-7-15-24-17-18-9-4-3-5-10-18/h3-5,8-11,16H,2,6-7,12-15,17H2,1H3,(H2,21,22,23). The summed E-state index contributed by atoms with van der Waals surface area (Å²) in [5.41, 5.74) is 1.22. The average Bonchev–Trinajstić information content (AvgIpc) is 3.15. The molecule has 1 aromatic heterocycles. The average molecular weight is 343 g/mol. The molecule has 2 aromatic rings. The van der Waals surface area contributed by atoms with Crippen LogP contribution in [-0.2, 0) is 17.8 Å². The molecule has 0 radical (unpaired) electrons. The fraction of sp³-hybridized carbons (Fsp3) is 0.450. The van der Waals surface area contributed by atoms with E-state index in [1.807, 2.05) is 30.3 Å². The second-order valence-corrected chi connectivity index (χ2v) is 5.76. The normalized spacial score (nSPS) is 11.5. The van der Waals surface area contributed by atoms with Gasteiger partial charge in [-0.2, -0.15) is 0 Å². The SMILES string of the molecule is CCNC(=NCCCCOCc1ccccc1)NCCc1ccco1. The summed E-state index contributed by atoms with van der Waals surface area (Å²) < 4.78 is 11.0. The Labute approximate surface area is 150 Å². The molecule has 0 unspecified atom stereocenters. The summed E-state index contributed by atoms with van der Waals surface area (Å²) in [7, 11) is 0. The highest BCUT2D eigenvalue weighted by Crippen LogP contribution is 2.02. The molecule has 0 spiro atoms. The Morgan fingerprint density at radius 1 is 1.08 bits per heavy atom. The Morgan fingerprint density at radius 3 is 2.72 bits per heavy atom. The molecule has 0 bridgehead atoms. The summed E-state index contributed by atoms with van der Waals surface area (Å²) in [6, 6.07) is 14.2. The molecule has 0 amide bonds. The van der Waals surface area contributed by atoms with Gasteiger partial charge in [-0.15, -0.1) is 0 Å². The minimum atomic E-state index is 0.682. The van der Waals surface area contributed by atoms with Gasteiger partial charge in [0.25, 0.3) is 0 Å². The van der Waals surface area contributed by atoms with Gasteiger partial charge in [-0.3, -0.25) is 4.99 Å². The predicted octanol–water partition coefficient (Wildman–Crippen LogP) is 3.37. The first-order valence-corrected chi connectivity index (χ1v) is 9.04. The van der Waals surface area contributed by atoms with E-state index in [0.29, 0.717) is 6.61 Å². The number of benzene rings is 1. The fourth-order valence-electron chi connectivity index (χ4n) is 2.37. The number of furan rings is 1. The van der Waals surface area contributed by atoms with E-state index in [4.69, 9.17) is 9.15 Å². The van der Waals surface area contributed by atoms with Crippen molar-refractivity contribution in [2.24, 2.45) is 4.99 Å². The third kappa shape index (κ3) is 8.40. The van der Waals surface area contributed by atoms with Gasteiger partial charge in [0.1, 0.15) is 5.76 Å². The summed E-state index contributed by atoms with van der Waals surface area (Å²) >= 11 is 0. The van der Waals surface area contributed by atoms with E-state index in [2.05, 4.69) is 34.7 Å². The summed E-state index contributed by atoms with van der Waals surface area (Å²) in [5.74, 6) is 1.85. The van der Waals surface area contributed by atoms with Crippen LogP contribution in [0.2, 0.25) is 0 Å². The molecule has 136 valence electrons. The maximum absolute atomic E-state index is 5.69. The number of hydrogen-bond acceptors (Lipinski definition) is 3. The largest absolute Gasteiger partial charge is 0.469 e. The van der Waals surface area contributed by atoms with Crippen molar-refractivity contribution in [1.82, 2.24) is 10.6 Å². The lowest BCUT2D eigenvalue weighted by molar-refractivity contribution is 0.117. The van der Waals surface area contributed by atoms with Crippen molar-refractivity contribution in [2.45, 2.75) is 32.8 Å². The van der Waals surface area contributed by atoms with Gasteiger partial charge in [0.05, 0.1) is 12.9 Å². The predicted molar refractivity (Wildman–Crippen MR) is 102 cm³/mol. The molecule has 5 nitrogen and oxygen atoms in total. The summed E-state index contributed by atoms with van der Waals surface area (Å²) in [4.78, 5) is 4.60. The number of ether oxygens (including phenoxy) is 1. The summed E-state index contributed by atoms with van der Waals surface area (Å²) in [6.07, 6.45) is 4.59. The van der Waals surface area contributed by atoms with E-state index >= 15 is 0 Å². The Morgan fingerprint density at radius 2 is 1.96 bits per heavy atom. The van der Waals surface area contributed by atoms with Crippen molar-refractivity contribution in [3.63, 3.8) is 0 Å². The molecule has 1 heterocycles. The van der Waals surface area contributed by atoms with Crippen LogP contribution in [0.3, 0.4) is 0 Å². The van der Waals surface area contributed by atoms with Crippen molar-refractivity contribution in [2.75, 3.05) is 26.2 Å². The molecule has 5 heteroatoms. The van der Waals surface area contributed by atoms with Crippen molar-refractivity contribution in [3.05, 3.63) is 60.1 Å². The Bertz CT molecular complexity index is 582. The van der Waals surface area contributed by atoms with Gasteiger partial charge in [0.15, 0.2) is 5.96 Å². The highest BCUT2D eigenvalue weighted by atomic mass is 16.5. The molecule has 0 saturated heterocycles. The van der Waals surface area contributed by atoms with E-state index in [-0.39, 0.29) is 0 Å². The molecule has 2 N–H and O–H groups in total. The van der Waals surface area contributed by atoms with Crippen molar-refractivity contribution in [1.29, 1.82) is 0 Å². The summed E-state index contributed by atoms with van der Waals surface area (Å²) in [5, 5.41) is 6.59. The smallest absolute Gasteiger partial charge is 0.191 e. The molecule has 0 aliphatic carbocycles. The molecule has 2 rings (SSSR count). The van der Waals surface area contributed by atoms with Gasteiger partial charge in [0.2, 0.25) is 0 Å². The summed E-state index contributed by atoms with van der Waals surface area (Å²) in [6.45, 7) is 5.98. The monoisotopic (exact) mass is 343 g/mol. The van der Waals surface area contributed by atoms with Crippen molar-refractivity contribution in [3.8, 4) is 0 Å². The molecule has 25 heavy (non-hydrogen) atoms. The van der Waals surface area contributed by atoms with E-state index in [1.54, 1.807) is 6.26 Å². The lowest BCUT2D eigenvalue weighted by Crippen LogP contribution is -2.38. The van der Waals surface area contributed by atoms with Gasteiger partial charge in [-0.05, 0) is 37.5 Å². The highest BCUT2D eigenvalue weighted by Gasteiger charge is 1.99. The topological polar surface area (TPSA) is 58.8 Å². The lowest BCUT2D eigenvalue weighted by atomic mass is 10.2. The van der Waals surface area contributed by atoms with Gasteiger partial charge < -0.3 is 19.8 Å². The van der Waals surface area contributed by atoms with Gasteiger partial charge in [-0.25, -0.2) is 0 Å². The van der Waals surface area contributed by atoms with Crippen LogP contribution >= 0.6 is 0 Å². The van der Waals surface area contributed by atoms with E-state index in [0.717, 1.165) is 57.2 Å². The fourth-order valence-corrected chi connectivity index (χ4v) is 2.37. The van der Waals surface area contributed by atoms with Crippen LogP contribution in [0.5, 0.6) is 0 Å². The maximum atomic E-state index is 5.69. The molecule has 0 atom stereocenters. The molecule has 0 saturated carbocycles. The molecule has 1 aromatic carbocycles. The van der Waals surface area contributed by atoms with Crippen LogP contribution in [0.1, 0.15) is 31.1 Å². The van der Waals surface area contributed by atoms with Gasteiger partial charge in [-0.1, -0.05) is 30.3 Å². The Kier molecular flexibility index (Phi) is 9.26. The zero-order chi connectivity index (χ0) is 17.6. The number of hydrogen-bond donors (Lipinski definition) is 2. The molecular formula is C20H29N3O2. The van der Waals surface area contributed by atoms with Crippen molar-refractivity contribution < 1.29 is 9.15 Å². The Hall–Kier alpha value is -2.27. The number of nitrogens with zero attached hydrogens (tertiary/aromatic N) is 1. The van der Waals surface area contributed by atoms with Gasteiger partial charge >= 0.3 is 0 Å². The van der Waals surface area contributed by atoms with Crippen LogP contribution in [0.4, 0.5) is 0 Å². The maximum Gasteiger partial charge on any atom is 0.191 e. The highest BCUT2D eigenvalue weighted by molar-refractivity contribution is 5.79. The second-order valence-electron chi connectivity index (χ2n) is 5.76. The molecule has 0 aliphatic heterocycles. The first-order chi connectivity index (χ1) is 12.4. The van der Waals surface area contributed by atoms with Crippen LogP contribution in [-0.4, -0.2) is 32.2 Å². The van der Waals surface area contributed by atoms with E-state index in [9.17, 15) is 0 Å². The minimum absolute atomic E-state index is 0.682. The van der Waals surface area contributed by atoms with E-state index in [1.165, 1.54) is 5.56 Å². The number of rotatable bonds is 11. The number of unbranched alkanes of at least 4 members (excludes halogenated alkanes) is 1. The number of nitrogens with one attached hydrogen (secondary N) is 2. The molecule has 0 fully saturated rings.